The fourth-order valence-electron chi connectivity index (χ4n) is 2.68. The summed E-state index contributed by atoms with van der Waals surface area (Å²) in [6, 6.07) is 8.47. The lowest BCUT2D eigenvalue weighted by Gasteiger charge is -2.04. The fourth-order valence-corrected chi connectivity index (χ4v) is 2.68. The number of unbranched alkanes of at least 4 members (excludes halogenated alkanes) is 9. The van der Waals surface area contributed by atoms with Crippen LogP contribution in [0, 0.1) is 0 Å². The molecule has 0 aliphatic heterocycles. The zero-order valence-electron chi connectivity index (χ0n) is 13.8. The molecule has 2 N–H and O–H groups in total. The van der Waals surface area contributed by atoms with E-state index in [0.717, 1.165) is 12.3 Å². The SMILES string of the molecule is COc1ccc(CCCCCCCCCCCCN)cc1. The Morgan fingerprint density at radius 1 is 0.714 bits per heavy atom. The quantitative estimate of drug-likeness (QED) is 0.513. The summed E-state index contributed by atoms with van der Waals surface area (Å²) in [7, 11) is 1.72. The van der Waals surface area contributed by atoms with Crippen molar-refractivity contribution in [1.29, 1.82) is 0 Å². The van der Waals surface area contributed by atoms with Gasteiger partial charge >= 0.3 is 0 Å². The lowest BCUT2D eigenvalue weighted by atomic mass is 10.0. The van der Waals surface area contributed by atoms with E-state index in [1.54, 1.807) is 7.11 Å². The first-order chi connectivity index (χ1) is 10.4. The highest BCUT2D eigenvalue weighted by Crippen LogP contribution is 2.15. The molecule has 0 aliphatic carbocycles. The second-order valence-electron chi connectivity index (χ2n) is 5.92. The van der Waals surface area contributed by atoms with Gasteiger partial charge in [0.2, 0.25) is 0 Å². The third-order valence-corrected chi connectivity index (χ3v) is 4.08. The molecule has 120 valence electrons. The molecule has 0 amide bonds. The van der Waals surface area contributed by atoms with E-state index < -0.39 is 0 Å². The van der Waals surface area contributed by atoms with Crippen molar-refractivity contribution >= 4 is 0 Å². The van der Waals surface area contributed by atoms with E-state index in [-0.39, 0.29) is 0 Å². The molecule has 0 atom stereocenters. The van der Waals surface area contributed by atoms with Crippen molar-refractivity contribution in [1.82, 2.24) is 0 Å². The van der Waals surface area contributed by atoms with Crippen LogP contribution in [0.2, 0.25) is 0 Å². The van der Waals surface area contributed by atoms with Gasteiger partial charge in [-0.25, -0.2) is 0 Å². The Bertz CT molecular complexity index is 334. The Hall–Kier alpha value is -1.02. The maximum absolute atomic E-state index is 5.49. The molecule has 2 nitrogen and oxygen atoms in total. The highest BCUT2D eigenvalue weighted by molar-refractivity contribution is 5.27. The predicted octanol–water partition coefficient (Wildman–Crippen LogP) is 5.10. The van der Waals surface area contributed by atoms with Crippen molar-refractivity contribution in [3.8, 4) is 5.75 Å². The van der Waals surface area contributed by atoms with Crippen LogP contribution < -0.4 is 10.5 Å². The number of ether oxygens (including phenoxy) is 1. The third kappa shape index (κ3) is 9.52. The summed E-state index contributed by atoms with van der Waals surface area (Å²) in [4.78, 5) is 0. The van der Waals surface area contributed by atoms with Crippen molar-refractivity contribution < 1.29 is 4.74 Å². The van der Waals surface area contributed by atoms with Crippen molar-refractivity contribution in [3.63, 3.8) is 0 Å². The van der Waals surface area contributed by atoms with Crippen LogP contribution in [0.1, 0.15) is 69.8 Å². The number of aryl methyl sites for hydroxylation is 1. The summed E-state index contributed by atoms with van der Waals surface area (Å²) in [5, 5.41) is 0. The van der Waals surface area contributed by atoms with Gasteiger partial charge in [0, 0.05) is 0 Å². The van der Waals surface area contributed by atoms with Crippen LogP contribution in [0.25, 0.3) is 0 Å². The summed E-state index contributed by atoms with van der Waals surface area (Å²) in [6.07, 6.45) is 14.8. The molecule has 0 spiro atoms. The minimum Gasteiger partial charge on any atom is -0.497 e. The third-order valence-electron chi connectivity index (χ3n) is 4.08. The zero-order valence-corrected chi connectivity index (χ0v) is 13.8. The molecule has 2 heteroatoms. The van der Waals surface area contributed by atoms with Gasteiger partial charge in [-0.1, -0.05) is 63.5 Å². The molecule has 0 saturated heterocycles. The van der Waals surface area contributed by atoms with Gasteiger partial charge in [-0.3, -0.25) is 0 Å². The molecule has 0 fully saturated rings. The highest BCUT2D eigenvalue weighted by atomic mass is 16.5. The maximum Gasteiger partial charge on any atom is 0.118 e. The first-order valence-electron chi connectivity index (χ1n) is 8.70. The zero-order chi connectivity index (χ0) is 15.2. The summed E-state index contributed by atoms with van der Waals surface area (Å²) in [6.45, 7) is 0.855. The number of nitrogens with two attached hydrogens (primary N) is 1. The molecule has 0 heterocycles. The van der Waals surface area contributed by atoms with Gasteiger partial charge in [-0.15, -0.1) is 0 Å². The molecule has 0 saturated carbocycles. The van der Waals surface area contributed by atoms with Crippen molar-refractivity contribution in [3.05, 3.63) is 29.8 Å². The van der Waals surface area contributed by atoms with Crippen LogP contribution in [0.3, 0.4) is 0 Å². The number of hydrogen-bond acceptors (Lipinski definition) is 2. The second-order valence-corrected chi connectivity index (χ2v) is 5.92. The molecule has 0 unspecified atom stereocenters. The summed E-state index contributed by atoms with van der Waals surface area (Å²) in [5.74, 6) is 0.949. The van der Waals surface area contributed by atoms with Crippen molar-refractivity contribution in [2.24, 2.45) is 5.73 Å². The number of hydrogen-bond donors (Lipinski definition) is 1. The molecule has 0 aromatic heterocycles. The molecular formula is C19H33NO. The normalized spacial score (nSPS) is 10.8. The van der Waals surface area contributed by atoms with E-state index in [1.807, 2.05) is 0 Å². The first-order valence-corrected chi connectivity index (χ1v) is 8.70. The maximum atomic E-state index is 5.49. The molecule has 1 rings (SSSR count). The fraction of sp³-hybridized carbons (Fsp3) is 0.684. The van der Waals surface area contributed by atoms with Crippen LogP contribution in [0.4, 0.5) is 0 Å². The number of rotatable bonds is 13. The lowest BCUT2D eigenvalue weighted by Crippen LogP contribution is -1.97. The lowest BCUT2D eigenvalue weighted by molar-refractivity contribution is 0.414. The van der Waals surface area contributed by atoms with E-state index in [9.17, 15) is 0 Å². The number of benzene rings is 1. The molecule has 0 bridgehead atoms. The Labute approximate surface area is 131 Å². The van der Waals surface area contributed by atoms with Crippen molar-refractivity contribution in [2.75, 3.05) is 13.7 Å². The monoisotopic (exact) mass is 291 g/mol. The molecule has 1 aromatic rings. The molecular weight excluding hydrogens is 258 g/mol. The minimum absolute atomic E-state index is 0.855. The number of methoxy groups -OCH3 is 1. The first kappa shape index (κ1) is 18.0. The Kier molecular flexibility index (Phi) is 10.9. The van der Waals surface area contributed by atoms with Crippen LogP contribution in [0.5, 0.6) is 5.75 Å². The average molecular weight is 291 g/mol. The van der Waals surface area contributed by atoms with E-state index in [4.69, 9.17) is 10.5 Å². The highest BCUT2D eigenvalue weighted by Gasteiger charge is 1.96. The van der Waals surface area contributed by atoms with E-state index in [2.05, 4.69) is 24.3 Å². The smallest absolute Gasteiger partial charge is 0.118 e. The Balaban J connectivity index is 1.88. The molecule has 1 aromatic carbocycles. The van der Waals surface area contributed by atoms with E-state index in [0.29, 0.717) is 0 Å². The Morgan fingerprint density at radius 2 is 1.19 bits per heavy atom. The summed E-state index contributed by atoms with van der Waals surface area (Å²) < 4.78 is 5.17. The van der Waals surface area contributed by atoms with Gasteiger partial charge in [0.25, 0.3) is 0 Å². The van der Waals surface area contributed by atoms with Gasteiger partial charge in [-0.2, -0.15) is 0 Å². The van der Waals surface area contributed by atoms with Crippen molar-refractivity contribution in [2.45, 2.75) is 70.6 Å². The topological polar surface area (TPSA) is 35.2 Å². The average Bonchev–Trinajstić information content (AvgIpc) is 2.53. The van der Waals surface area contributed by atoms with Gasteiger partial charge in [0.1, 0.15) is 5.75 Å². The van der Waals surface area contributed by atoms with Crippen LogP contribution in [-0.2, 0) is 6.42 Å². The van der Waals surface area contributed by atoms with E-state index >= 15 is 0 Å². The van der Waals surface area contributed by atoms with Gasteiger partial charge in [0.15, 0.2) is 0 Å². The molecule has 0 radical (unpaired) electrons. The Morgan fingerprint density at radius 3 is 1.67 bits per heavy atom. The summed E-state index contributed by atoms with van der Waals surface area (Å²) >= 11 is 0. The van der Waals surface area contributed by atoms with Gasteiger partial charge < -0.3 is 10.5 Å². The van der Waals surface area contributed by atoms with Gasteiger partial charge in [0.05, 0.1) is 7.11 Å². The molecule has 21 heavy (non-hydrogen) atoms. The standard InChI is InChI=1S/C19H33NO/c1-21-19-15-13-18(14-16-19)12-10-8-6-4-2-3-5-7-9-11-17-20/h13-16H,2-12,17,20H2,1H3. The second kappa shape index (κ2) is 12.7. The molecule has 0 aliphatic rings. The predicted molar refractivity (Wildman–Crippen MR) is 91.9 cm³/mol. The summed E-state index contributed by atoms with van der Waals surface area (Å²) in [5.41, 5.74) is 6.91. The van der Waals surface area contributed by atoms with E-state index in [1.165, 1.54) is 76.2 Å². The van der Waals surface area contributed by atoms with Crippen LogP contribution >= 0.6 is 0 Å². The van der Waals surface area contributed by atoms with Gasteiger partial charge in [-0.05, 0) is 43.5 Å². The van der Waals surface area contributed by atoms with Crippen LogP contribution in [-0.4, -0.2) is 13.7 Å². The van der Waals surface area contributed by atoms with Crippen LogP contribution in [0.15, 0.2) is 24.3 Å². The largest absolute Gasteiger partial charge is 0.497 e. The minimum atomic E-state index is 0.855.